The maximum absolute atomic E-state index is 10.2. The third kappa shape index (κ3) is 2.65. The summed E-state index contributed by atoms with van der Waals surface area (Å²) in [5.74, 6) is 0. The van der Waals surface area contributed by atoms with Crippen molar-refractivity contribution in [1.82, 2.24) is 9.78 Å². The molecule has 0 spiro atoms. The van der Waals surface area contributed by atoms with Gasteiger partial charge in [-0.05, 0) is 19.1 Å². The van der Waals surface area contributed by atoms with Gasteiger partial charge in [0.05, 0.1) is 16.1 Å². The fourth-order valence-electron chi connectivity index (χ4n) is 1.78. The molecule has 0 amide bonds. The van der Waals surface area contributed by atoms with E-state index in [1.807, 2.05) is 19.1 Å². The molecule has 17 heavy (non-hydrogen) atoms. The normalized spacial score (nSPS) is 13.0. The summed E-state index contributed by atoms with van der Waals surface area (Å²) in [6.07, 6.45) is -0.144. The van der Waals surface area contributed by atoms with Crippen LogP contribution in [0, 0.1) is 6.92 Å². The Balaban J connectivity index is 2.22. The molecule has 3 nitrogen and oxygen atoms in total. The fourth-order valence-corrected chi connectivity index (χ4v) is 3.20. The summed E-state index contributed by atoms with van der Waals surface area (Å²) in [7, 11) is 1.76. The van der Waals surface area contributed by atoms with Crippen molar-refractivity contribution in [3.63, 3.8) is 0 Å². The molecule has 6 heteroatoms. The van der Waals surface area contributed by atoms with Gasteiger partial charge < -0.3 is 5.11 Å². The van der Waals surface area contributed by atoms with Gasteiger partial charge in [-0.15, -0.1) is 11.3 Å². The molecular weight excluding hydrogens is 279 g/mol. The minimum absolute atomic E-state index is 0.484. The molecule has 1 unspecified atom stereocenters. The Morgan fingerprint density at radius 3 is 2.65 bits per heavy atom. The van der Waals surface area contributed by atoms with Gasteiger partial charge in [-0.2, -0.15) is 5.10 Å². The number of thiophene rings is 1. The van der Waals surface area contributed by atoms with Gasteiger partial charge >= 0.3 is 0 Å². The molecule has 1 N–H and O–H groups in total. The largest absolute Gasteiger partial charge is 0.388 e. The van der Waals surface area contributed by atoms with E-state index in [1.165, 1.54) is 11.3 Å². The number of nitrogens with zero attached hydrogens (tertiary/aromatic N) is 2. The van der Waals surface area contributed by atoms with Crippen molar-refractivity contribution in [2.75, 3.05) is 0 Å². The predicted octanol–water partition coefficient (Wildman–Crippen LogP) is 3.37. The zero-order chi connectivity index (χ0) is 12.6. The molecule has 0 saturated heterocycles. The van der Waals surface area contributed by atoms with E-state index in [4.69, 9.17) is 23.2 Å². The van der Waals surface area contributed by atoms with Crippen LogP contribution < -0.4 is 0 Å². The summed E-state index contributed by atoms with van der Waals surface area (Å²) in [5.41, 5.74) is 1.45. The highest BCUT2D eigenvalue weighted by atomic mass is 35.5. The van der Waals surface area contributed by atoms with Gasteiger partial charge in [0.2, 0.25) is 0 Å². The minimum Gasteiger partial charge on any atom is -0.388 e. The molecule has 0 radical (unpaired) electrons. The predicted molar refractivity (Wildman–Crippen MR) is 70.9 cm³/mol. The van der Waals surface area contributed by atoms with Crippen molar-refractivity contribution < 1.29 is 5.11 Å². The van der Waals surface area contributed by atoms with Crippen LogP contribution in [0.1, 0.15) is 22.2 Å². The van der Waals surface area contributed by atoms with Crippen molar-refractivity contribution in [2.24, 2.45) is 7.05 Å². The van der Waals surface area contributed by atoms with Gasteiger partial charge in [0, 0.05) is 23.9 Å². The zero-order valence-corrected chi connectivity index (χ0v) is 11.8. The molecule has 2 rings (SSSR count). The molecule has 92 valence electrons. The topological polar surface area (TPSA) is 38.0 Å². The van der Waals surface area contributed by atoms with Crippen molar-refractivity contribution in [3.05, 3.63) is 37.8 Å². The van der Waals surface area contributed by atoms with Crippen LogP contribution in [0.4, 0.5) is 0 Å². The standard InChI is InChI=1S/C11H12Cl2N2OS/c1-6-10(11(13)15(2)14-6)8(16)5-7-3-4-9(12)17-7/h3-4,8,16H,5H2,1-2H3. The molecule has 2 aromatic heterocycles. The fraction of sp³-hybridized carbons (Fsp3) is 0.364. The van der Waals surface area contributed by atoms with E-state index in [-0.39, 0.29) is 0 Å². The second-order valence-electron chi connectivity index (χ2n) is 3.84. The SMILES string of the molecule is Cc1nn(C)c(Cl)c1C(O)Cc1ccc(Cl)s1. The third-order valence-electron chi connectivity index (χ3n) is 2.55. The van der Waals surface area contributed by atoms with Crippen molar-refractivity contribution >= 4 is 34.5 Å². The summed E-state index contributed by atoms with van der Waals surface area (Å²) in [5, 5.41) is 14.8. The quantitative estimate of drug-likeness (QED) is 0.941. The van der Waals surface area contributed by atoms with Crippen LogP contribution >= 0.6 is 34.5 Å². The van der Waals surface area contributed by atoms with E-state index in [0.29, 0.717) is 17.1 Å². The van der Waals surface area contributed by atoms with Crippen LogP contribution in [-0.4, -0.2) is 14.9 Å². The highest BCUT2D eigenvalue weighted by molar-refractivity contribution is 7.16. The van der Waals surface area contributed by atoms with Gasteiger partial charge in [-0.1, -0.05) is 23.2 Å². The molecule has 0 aromatic carbocycles. The van der Waals surface area contributed by atoms with Crippen LogP contribution in [-0.2, 0) is 13.5 Å². The molecule has 2 heterocycles. The molecule has 0 fully saturated rings. The maximum Gasteiger partial charge on any atom is 0.132 e. The molecule has 0 aliphatic heterocycles. The molecule has 0 aliphatic rings. The average Bonchev–Trinajstić information content (AvgIpc) is 2.73. The van der Waals surface area contributed by atoms with Crippen molar-refractivity contribution in [2.45, 2.75) is 19.4 Å². The van der Waals surface area contributed by atoms with E-state index in [9.17, 15) is 5.11 Å². The van der Waals surface area contributed by atoms with E-state index in [1.54, 1.807) is 11.7 Å². The lowest BCUT2D eigenvalue weighted by Crippen LogP contribution is -2.02. The number of hydrogen-bond acceptors (Lipinski definition) is 3. The molecule has 0 aliphatic carbocycles. The Morgan fingerprint density at radius 1 is 1.47 bits per heavy atom. The summed E-state index contributed by atoms with van der Waals surface area (Å²) < 4.78 is 2.29. The van der Waals surface area contributed by atoms with Crippen LogP contribution in [0.2, 0.25) is 9.49 Å². The first-order chi connectivity index (χ1) is 7.99. The van der Waals surface area contributed by atoms with Crippen LogP contribution in [0.3, 0.4) is 0 Å². The lowest BCUT2D eigenvalue weighted by atomic mass is 10.1. The monoisotopic (exact) mass is 290 g/mol. The number of aliphatic hydroxyl groups excluding tert-OH is 1. The highest BCUT2D eigenvalue weighted by Gasteiger charge is 2.20. The summed E-state index contributed by atoms with van der Waals surface area (Å²) in [4.78, 5) is 1.03. The van der Waals surface area contributed by atoms with Gasteiger partial charge in [0.1, 0.15) is 5.15 Å². The molecule has 0 saturated carbocycles. The number of aromatic nitrogens is 2. The van der Waals surface area contributed by atoms with Crippen LogP contribution in [0.25, 0.3) is 0 Å². The van der Waals surface area contributed by atoms with Gasteiger partial charge in [-0.3, -0.25) is 4.68 Å². The number of halogens is 2. The van der Waals surface area contributed by atoms with Crippen molar-refractivity contribution in [1.29, 1.82) is 0 Å². The van der Waals surface area contributed by atoms with Gasteiger partial charge in [0.25, 0.3) is 0 Å². The number of rotatable bonds is 3. The summed E-state index contributed by atoms with van der Waals surface area (Å²) >= 11 is 13.4. The molecule has 2 aromatic rings. The van der Waals surface area contributed by atoms with Gasteiger partial charge in [0.15, 0.2) is 0 Å². The van der Waals surface area contributed by atoms with E-state index < -0.39 is 6.10 Å². The Hall–Kier alpha value is -0.550. The first-order valence-electron chi connectivity index (χ1n) is 5.10. The molecule has 1 atom stereocenters. The smallest absolute Gasteiger partial charge is 0.132 e. The Morgan fingerprint density at radius 2 is 2.18 bits per heavy atom. The Labute approximate surface area is 114 Å². The lowest BCUT2D eigenvalue weighted by Gasteiger charge is -2.09. The summed E-state index contributed by atoms with van der Waals surface area (Å²) in [6.45, 7) is 1.84. The zero-order valence-electron chi connectivity index (χ0n) is 9.44. The highest BCUT2D eigenvalue weighted by Crippen LogP contribution is 2.31. The second kappa shape index (κ2) is 4.98. The van der Waals surface area contributed by atoms with Gasteiger partial charge in [-0.25, -0.2) is 0 Å². The lowest BCUT2D eigenvalue weighted by molar-refractivity contribution is 0.179. The minimum atomic E-state index is -0.647. The van der Waals surface area contributed by atoms with Crippen molar-refractivity contribution in [3.8, 4) is 0 Å². The van der Waals surface area contributed by atoms with E-state index in [0.717, 1.165) is 14.9 Å². The molecular formula is C11H12Cl2N2OS. The Kier molecular flexibility index (Phi) is 3.78. The third-order valence-corrected chi connectivity index (χ3v) is 4.25. The number of aryl methyl sites for hydroxylation is 2. The van der Waals surface area contributed by atoms with E-state index in [2.05, 4.69) is 5.10 Å². The Bertz CT molecular complexity index is 536. The maximum atomic E-state index is 10.2. The first-order valence-corrected chi connectivity index (χ1v) is 6.67. The number of aliphatic hydroxyl groups is 1. The second-order valence-corrected chi connectivity index (χ2v) is 6.00. The van der Waals surface area contributed by atoms with E-state index >= 15 is 0 Å². The number of hydrogen-bond donors (Lipinski definition) is 1. The van der Waals surface area contributed by atoms with Crippen LogP contribution in [0.5, 0.6) is 0 Å². The molecule has 0 bridgehead atoms. The summed E-state index contributed by atoms with van der Waals surface area (Å²) in [6, 6.07) is 3.74. The average molecular weight is 291 g/mol. The van der Waals surface area contributed by atoms with Crippen LogP contribution in [0.15, 0.2) is 12.1 Å². The first kappa shape index (κ1) is 12.9.